The zero-order chi connectivity index (χ0) is 17.1. The maximum Gasteiger partial charge on any atom is 0.226 e. The van der Waals surface area contributed by atoms with Gasteiger partial charge in [0.25, 0.3) is 0 Å². The Bertz CT molecular complexity index is 756. The summed E-state index contributed by atoms with van der Waals surface area (Å²) < 4.78 is 27.5. The highest BCUT2D eigenvalue weighted by Gasteiger charge is 2.33. The summed E-state index contributed by atoms with van der Waals surface area (Å²) in [6.07, 6.45) is 0. The maximum absolute atomic E-state index is 13.6. The molecular formula is C17H16BrF2N3O. The Morgan fingerprint density at radius 2 is 2.08 bits per heavy atom. The van der Waals surface area contributed by atoms with Crippen molar-refractivity contribution in [2.75, 3.05) is 6.54 Å². The lowest BCUT2D eigenvalue weighted by atomic mass is 9.94. The van der Waals surface area contributed by atoms with Crippen LogP contribution in [0.2, 0.25) is 0 Å². The van der Waals surface area contributed by atoms with Crippen LogP contribution in [0.5, 0.6) is 0 Å². The van der Waals surface area contributed by atoms with Gasteiger partial charge in [0.2, 0.25) is 5.91 Å². The molecule has 1 fully saturated rings. The quantitative estimate of drug-likeness (QED) is 0.745. The molecule has 1 aliphatic heterocycles. The van der Waals surface area contributed by atoms with Crippen LogP contribution in [-0.4, -0.2) is 12.5 Å². The van der Waals surface area contributed by atoms with Crippen molar-refractivity contribution in [3.8, 4) is 0 Å². The van der Waals surface area contributed by atoms with E-state index in [4.69, 9.17) is 0 Å². The number of rotatable bonds is 4. The number of amides is 1. The first kappa shape index (κ1) is 17.0. The van der Waals surface area contributed by atoms with Crippen LogP contribution in [0.25, 0.3) is 0 Å². The first-order valence-electron chi connectivity index (χ1n) is 7.50. The molecule has 1 heterocycles. The standard InChI is InChI=1S/C17H16BrF2N3O/c18-12-3-1-2-10(6-12)16-14(9-22-23-16)17(24)21-8-11-4-5-13(19)7-15(11)20/h1-7,14,16,22-23H,8-9H2,(H,21,24). The molecule has 2 unspecified atom stereocenters. The van der Waals surface area contributed by atoms with Crippen LogP contribution in [0, 0.1) is 17.6 Å². The van der Waals surface area contributed by atoms with E-state index < -0.39 is 11.6 Å². The Labute approximate surface area is 146 Å². The Balaban J connectivity index is 1.67. The fourth-order valence-electron chi connectivity index (χ4n) is 2.74. The fraction of sp³-hybridized carbons (Fsp3) is 0.235. The lowest BCUT2D eigenvalue weighted by Crippen LogP contribution is -2.34. The van der Waals surface area contributed by atoms with Crippen LogP contribution in [-0.2, 0) is 11.3 Å². The van der Waals surface area contributed by atoms with Crippen LogP contribution in [0.4, 0.5) is 8.78 Å². The van der Waals surface area contributed by atoms with E-state index in [-0.39, 0.29) is 30.0 Å². The third-order valence-corrected chi connectivity index (χ3v) is 4.49. The summed E-state index contributed by atoms with van der Waals surface area (Å²) in [6, 6.07) is 10.8. The van der Waals surface area contributed by atoms with Gasteiger partial charge in [-0.3, -0.25) is 10.2 Å². The SMILES string of the molecule is O=C(NCc1ccc(F)cc1F)C1CNNC1c1cccc(Br)c1. The highest BCUT2D eigenvalue weighted by atomic mass is 79.9. The molecule has 0 saturated carbocycles. The third-order valence-electron chi connectivity index (χ3n) is 3.99. The Morgan fingerprint density at radius 3 is 2.83 bits per heavy atom. The molecule has 3 rings (SSSR count). The van der Waals surface area contributed by atoms with Crippen LogP contribution in [0.15, 0.2) is 46.9 Å². The highest BCUT2D eigenvalue weighted by molar-refractivity contribution is 9.10. The summed E-state index contributed by atoms with van der Waals surface area (Å²) in [5, 5.41) is 2.72. The molecule has 2 aromatic rings. The smallest absolute Gasteiger partial charge is 0.226 e. The summed E-state index contributed by atoms with van der Waals surface area (Å²) >= 11 is 3.42. The number of hydrogen-bond donors (Lipinski definition) is 3. The molecule has 1 saturated heterocycles. The highest BCUT2D eigenvalue weighted by Crippen LogP contribution is 2.27. The van der Waals surface area contributed by atoms with E-state index in [2.05, 4.69) is 32.1 Å². The molecule has 24 heavy (non-hydrogen) atoms. The van der Waals surface area contributed by atoms with Crippen molar-refractivity contribution in [2.45, 2.75) is 12.6 Å². The van der Waals surface area contributed by atoms with Crippen LogP contribution in [0.1, 0.15) is 17.2 Å². The molecule has 1 aliphatic rings. The molecule has 0 bridgehead atoms. The predicted molar refractivity (Wildman–Crippen MR) is 89.7 cm³/mol. The van der Waals surface area contributed by atoms with E-state index in [1.54, 1.807) is 0 Å². The molecule has 0 radical (unpaired) electrons. The van der Waals surface area contributed by atoms with Gasteiger partial charge in [-0.05, 0) is 23.8 Å². The zero-order valence-electron chi connectivity index (χ0n) is 12.7. The van der Waals surface area contributed by atoms with Crippen LogP contribution >= 0.6 is 15.9 Å². The second kappa shape index (κ2) is 7.38. The van der Waals surface area contributed by atoms with Crippen molar-refractivity contribution in [2.24, 2.45) is 5.92 Å². The monoisotopic (exact) mass is 395 g/mol. The third kappa shape index (κ3) is 3.80. The van der Waals surface area contributed by atoms with Gasteiger partial charge in [0.15, 0.2) is 0 Å². The van der Waals surface area contributed by atoms with E-state index in [0.29, 0.717) is 6.54 Å². The first-order chi connectivity index (χ1) is 11.5. The van der Waals surface area contributed by atoms with Crippen molar-refractivity contribution in [3.05, 3.63) is 69.7 Å². The topological polar surface area (TPSA) is 53.2 Å². The fourth-order valence-corrected chi connectivity index (χ4v) is 3.15. The molecule has 0 spiro atoms. The average molecular weight is 396 g/mol. The number of carbonyl (C=O) groups excluding carboxylic acids is 1. The molecule has 2 aromatic carbocycles. The molecule has 3 N–H and O–H groups in total. The normalized spacial score (nSPS) is 20.1. The Kier molecular flexibility index (Phi) is 5.23. The lowest BCUT2D eigenvalue weighted by Gasteiger charge is -2.19. The summed E-state index contributed by atoms with van der Waals surface area (Å²) in [6.45, 7) is 0.488. The number of hydrazine groups is 1. The number of nitrogens with one attached hydrogen (secondary N) is 3. The van der Waals surface area contributed by atoms with E-state index >= 15 is 0 Å². The van der Waals surface area contributed by atoms with Crippen molar-refractivity contribution in [1.82, 2.24) is 16.2 Å². The van der Waals surface area contributed by atoms with Gasteiger partial charge in [0.05, 0.1) is 12.0 Å². The van der Waals surface area contributed by atoms with Gasteiger partial charge in [-0.2, -0.15) is 0 Å². The summed E-state index contributed by atoms with van der Waals surface area (Å²) in [7, 11) is 0. The zero-order valence-corrected chi connectivity index (χ0v) is 14.2. The Morgan fingerprint density at radius 1 is 1.25 bits per heavy atom. The predicted octanol–water partition coefficient (Wildman–Crippen LogP) is 2.81. The van der Waals surface area contributed by atoms with Gasteiger partial charge >= 0.3 is 0 Å². The van der Waals surface area contributed by atoms with E-state index in [1.165, 1.54) is 12.1 Å². The second-order valence-electron chi connectivity index (χ2n) is 5.62. The Hall–Kier alpha value is -1.83. The van der Waals surface area contributed by atoms with E-state index in [9.17, 15) is 13.6 Å². The number of benzene rings is 2. The minimum absolute atomic E-state index is 0.0205. The van der Waals surface area contributed by atoms with Crippen molar-refractivity contribution < 1.29 is 13.6 Å². The van der Waals surface area contributed by atoms with Crippen LogP contribution in [0.3, 0.4) is 0 Å². The van der Waals surface area contributed by atoms with Gasteiger partial charge in [-0.15, -0.1) is 0 Å². The van der Waals surface area contributed by atoms with Crippen molar-refractivity contribution in [1.29, 1.82) is 0 Å². The maximum atomic E-state index is 13.6. The molecular weight excluding hydrogens is 380 g/mol. The lowest BCUT2D eigenvalue weighted by molar-refractivity contribution is -0.125. The molecule has 2 atom stereocenters. The molecule has 0 aliphatic carbocycles. The van der Waals surface area contributed by atoms with Crippen LogP contribution < -0.4 is 16.2 Å². The second-order valence-corrected chi connectivity index (χ2v) is 6.53. The molecule has 0 aromatic heterocycles. The molecule has 126 valence electrons. The van der Waals surface area contributed by atoms with Gasteiger partial charge in [-0.25, -0.2) is 14.2 Å². The molecule has 4 nitrogen and oxygen atoms in total. The minimum atomic E-state index is -0.665. The number of halogens is 3. The largest absolute Gasteiger partial charge is 0.352 e. The average Bonchev–Trinajstić information content (AvgIpc) is 3.03. The number of carbonyl (C=O) groups is 1. The summed E-state index contributed by atoms with van der Waals surface area (Å²) in [4.78, 5) is 12.5. The van der Waals surface area contributed by atoms with E-state index in [1.807, 2.05) is 24.3 Å². The van der Waals surface area contributed by atoms with Crippen molar-refractivity contribution >= 4 is 21.8 Å². The van der Waals surface area contributed by atoms with E-state index in [0.717, 1.165) is 16.1 Å². The minimum Gasteiger partial charge on any atom is -0.352 e. The molecule has 1 amide bonds. The summed E-state index contributed by atoms with van der Waals surface area (Å²) in [5.41, 5.74) is 7.31. The van der Waals surface area contributed by atoms with Gasteiger partial charge in [0.1, 0.15) is 11.6 Å². The summed E-state index contributed by atoms with van der Waals surface area (Å²) in [5.74, 6) is -1.83. The van der Waals surface area contributed by atoms with Gasteiger partial charge < -0.3 is 5.32 Å². The molecule has 7 heteroatoms. The van der Waals surface area contributed by atoms with Gasteiger partial charge in [0, 0.05) is 29.2 Å². The van der Waals surface area contributed by atoms with Crippen molar-refractivity contribution in [3.63, 3.8) is 0 Å². The first-order valence-corrected chi connectivity index (χ1v) is 8.29. The van der Waals surface area contributed by atoms with Gasteiger partial charge in [-0.1, -0.05) is 34.1 Å². The number of hydrogen-bond acceptors (Lipinski definition) is 3.